The van der Waals surface area contributed by atoms with Crippen LogP contribution >= 0.6 is 0 Å². The number of esters is 1. The molecule has 1 atom stereocenters. The molecule has 0 spiro atoms. The summed E-state index contributed by atoms with van der Waals surface area (Å²) in [5.41, 5.74) is 1.59. The Morgan fingerprint density at radius 1 is 1.22 bits per heavy atom. The fourth-order valence-electron chi connectivity index (χ4n) is 3.95. The number of nitrogens with one attached hydrogen (secondary N) is 3. The van der Waals surface area contributed by atoms with Gasteiger partial charge in [-0.25, -0.2) is 18.9 Å². The number of amides is 1. The summed E-state index contributed by atoms with van der Waals surface area (Å²) in [4.78, 5) is 28.6. The average molecular weight is 563 g/mol. The molecular formula is C29H31FN6O5. The van der Waals surface area contributed by atoms with Gasteiger partial charge in [0.25, 0.3) is 0 Å². The molecule has 214 valence electrons. The van der Waals surface area contributed by atoms with Crippen molar-refractivity contribution in [2.45, 2.75) is 39.4 Å². The lowest BCUT2D eigenvalue weighted by Crippen LogP contribution is -2.28. The van der Waals surface area contributed by atoms with Gasteiger partial charge >= 0.3 is 12.1 Å². The van der Waals surface area contributed by atoms with Crippen molar-refractivity contribution in [1.29, 1.82) is 5.41 Å². The van der Waals surface area contributed by atoms with Gasteiger partial charge in [0.1, 0.15) is 24.1 Å². The van der Waals surface area contributed by atoms with Gasteiger partial charge in [-0.3, -0.25) is 10.1 Å². The van der Waals surface area contributed by atoms with E-state index in [1.54, 1.807) is 75.3 Å². The van der Waals surface area contributed by atoms with Gasteiger partial charge < -0.3 is 24.9 Å². The van der Waals surface area contributed by atoms with Crippen molar-refractivity contribution >= 4 is 40.2 Å². The number of hydrogen-bond donors (Lipinski definition) is 3. The first kappa shape index (κ1) is 29.0. The van der Waals surface area contributed by atoms with E-state index < -0.39 is 29.6 Å². The SMILES string of the molecule is COC(=O)CN/C=C1/C=C(n2cccn2)C([C@H](C)Oc2cc3cc(F)ccc3nc2NC(=O)OC(C)(C)C)=CC1=N. The summed E-state index contributed by atoms with van der Waals surface area (Å²) in [5, 5.41) is 18.9. The number of pyridine rings is 1. The second-order valence-corrected chi connectivity index (χ2v) is 10.1. The smallest absolute Gasteiger partial charge is 0.413 e. The molecule has 0 saturated carbocycles. The number of methoxy groups -OCH3 is 1. The molecule has 3 N–H and O–H groups in total. The summed E-state index contributed by atoms with van der Waals surface area (Å²) < 4.78 is 32.0. The molecule has 2 heterocycles. The Balaban J connectivity index is 1.68. The number of aromatic nitrogens is 3. The van der Waals surface area contributed by atoms with Crippen LogP contribution in [0.1, 0.15) is 27.7 Å². The molecule has 0 saturated heterocycles. The summed E-state index contributed by atoms with van der Waals surface area (Å²) in [7, 11) is 1.29. The number of ether oxygens (including phenoxy) is 3. The fourth-order valence-corrected chi connectivity index (χ4v) is 3.95. The van der Waals surface area contributed by atoms with Crippen molar-refractivity contribution in [3.63, 3.8) is 0 Å². The largest absolute Gasteiger partial charge is 0.482 e. The Labute approximate surface area is 236 Å². The molecule has 2 aromatic heterocycles. The van der Waals surface area contributed by atoms with Crippen LogP contribution in [0.25, 0.3) is 16.6 Å². The standard InChI is InChI=1S/C29H31FN6O5/c1-17(21-14-22(31)19(15-32-16-26(37)39-5)12-24(21)36-10-6-9-33-36)40-25-13-18-11-20(30)7-8-23(18)34-27(25)35-28(38)41-29(2,3)4/h6-15,17,31-32H,16H2,1-5H3,(H,34,35,38)/b19-15-,31-22?/t17-/m0/s1. The van der Waals surface area contributed by atoms with E-state index >= 15 is 0 Å². The van der Waals surface area contributed by atoms with Gasteiger partial charge in [0.05, 0.1) is 24.0 Å². The van der Waals surface area contributed by atoms with Crippen LogP contribution in [0.2, 0.25) is 0 Å². The van der Waals surface area contributed by atoms with Crippen molar-refractivity contribution in [2.75, 3.05) is 19.0 Å². The summed E-state index contributed by atoms with van der Waals surface area (Å²) in [6.45, 7) is 6.93. The van der Waals surface area contributed by atoms with Gasteiger partial charge in [-0.15, -0.1) is 0 Å². The van der Waals surface area contributed by atoms with Crippen molar-refractivity contribution in [3.8, 4) is 5.75 Å². The number of rotatable bonds is 8. The lowest BCUT2D eigenvalue weighted by Gasteiger charge is -2.25. The van der Waals surface area contributed by atoms with Crippen molar-refractivity contribution in [1.82, 2.24) is 20.1 Å². The molecule has 1 aliphatic rings. The third-order valence-electron chi connectivity index (χ3n) is 5.78. The first-order valence-corrected chi connectivity index (χ1v) is 12.7. The Bertz CT molecular complexity index is 1570. The average Bonchev–Trinajstić information content (AvgIpc) is 3.43. The number of halogens is 1. The Morgan fingerprint density at radius 3 is 2.68 bits per heavy atom. The molecule has 1 aromatic carbocycles. The first-order chi connectivity index (χ1) is 19.4. The second-order valence-electron chi connectivity index (χ2n) is 10.1. The Morgan fingerprint density at radius 2 is 2.00 bits per heavy atom. The van der Waals surface area contributed by atoms with E-state index in [1.807, 2.05) is 0 Å². The number of carbonyl (C=O) groups excluding carboxylic acids is 2. The number of anilines is 1. The molecule has 1 aliphatic carbocycles. The minimum absolute atomic E-state index is 0.0582. The summed E-state index contributed by atoms with van der Waals surface area (Å²) in [6, 6.07) is 7.45. The minimum Gasteiger partial charge on any atom is -0.482 e. The van der Waals surface area contributed by atoms with Crippen molar-refractivity contribution < 1.29 is 28.2 Å². The number of carbonyl (C=O) groups is 2. The van der Waals surface area contributed by atoms with E-state index in [-0.39, 0.29) is 23.8 Å². The second kappa shape index (κ2) is 12.0. The highest BCUT2D eigenvalue weighted by atomic mass is 19.1. The highest BCUT2D eigenvalue weighted by molar-refractivity contribution is 6.13. The third kappa shape index (κ3) is 7.35. The predicted molar refractivity (Wildman–Crippen MR) is 152 cm³/mol. The third-order valence-corrected chi connectivity index (χ3v) is 5.78. The molecule has 0 radical (unpaired) electrons. The zero-order chi connectivity index (χ0) is 29.7. The van der Waals surface area contributed by atoms with Crippen LogP contribution in [0.15, 0.2) is 72.2 Å². The molecule has 11 nitrogen and oxygen atoms in total. The fraction of sp³-hybridized carbons (Fsp3) is 0.276. The van der Waals surface area contributed by atoms with Gasteiger partial charge in [0, 0.05) is 35.1 Å². The monoisotopic (exact) mass is 562 g/mol. The van der Waals surface area contributed by atoms with E-state index in [0.29, 0.717) is 27.7 Å². The summed E-state index contributed by atoms with van der Waals surface area (Å²) in [6.07, 6.45) is 6.87. The molecule has 0 bridgehead atoms. The van der Waals surface area contributed by atoms with Crippen molar-refractivity contribution in [2.24, 2.45) is 0 Å². The van der Waals surface area contributed by atoms with Crippen LogP contribution in [-0.2, 0) is 14.3 Å². The van der Waals surface area contributed by atoms with Crippen LogP contribution < -0.4 is 15.4 Å². The number of fused-ring (bicyclic) bond motifs is 1. The van der Waals surface area contributed by atoms with E-state index in [2.05, 4.69) is 25.5 Å². The molecule has 0 aliphatic heterocycles. The quantitative estimate of drug-likeness (QED) is 0.332. The number of hydrogen-bond acceptors (Lipinski definition) is 9. The van der Waals surface area contributed by atoms with Crippen LogP contribution in [0.3, 0.4) is 0 Å². The van der Waals surface area contributed by atoms with Gasteiger partial charge in [-0.05, 0) is 70.2 Å². The highest BCUT2D eigenvalue weighted by Crippen LogP contribution is 2.33. The lowest BCUT2D eigenvalue weighted by atomic mass is 9.94. The van der Waals surface area contributed by atoms with Gasteiger partial charge in [-0.1, -0.05) is 0 Å². The normalized spacial score (nSPS) is 15.2. The van der Waals surface area contributed by atoms with E-state index in [1.165, 1.54) is 25.3 Å². The van der Waals surface area contributed by atoms with E-state index in [0.717, 1.165) is 0 Å². The zero-order valence-corrected chi connectivity index (χ0v) is 23.3. The summed E-state index contributed by atoms with van der Waals surface area (Å²) in [5.74, 6) is -0.624. The number of benzene rings is 1. The molecule has 41 heavy (non-hydrogen) atoms. The zero-order valence-electron chi connectivity index (χ0n) is 23.3. The first-order valence-electron chi connectivity index (χ1n) is 12.7. The number of nitrogens with zero attached hydrogens (tertiary/aromatic N) is 3. The maximum atomic E-state index is 14.0. The van der Waals surface area contributed by atoms with Crippen LogP contribution in [-0.4, -0.2) is 57.9 Å². The van der Waals surface area contributed by atoms with E-state index in [9.17, 15) is 14.0 Å². The van der Waals surface area contributed by atoms with Crippen LogP contribution in [0.5, 0.6) is 5.75 Å². The molecule has 0 unspecified atom stereocenters. The number of allylic oxidation sites excluding steroid dienone is 3. The van der Waals surface area contributed by atoms with Gasteiger partial charge in [0.2, 0.25) is 0 Å². The van der Waals surface area contributed by atoms with E-state index in [4.69, 9.17) is 14.9 Å². The molecule has 4 rings (SSSR count). The molecule has 3 aromatic rings. The van der Waals surface area contributed by atoms with Crippen molar-refractivity contribution in [3.05, 3.63) is 78.0 Å². The maximum absolute atomic E-state index is 14.0. The van der Waals surface area contributed by atoms with Crippen LogP contribution in [0, 0.1) is 11.2 Å². The lowest BCUT2D eigenvalue weighted by molar-refractivity contribution is -0.139. The summed E-state index contributed by atoms with van der Waals surface area (Å²) >= 11 is 0. The molecule has 0 fully saturated rings. The van der Waals surface area contributed by atoms with Gasteiger partial charge in [0.15, 0.2) is 11.6 Å². The maximum Gasteiger partial charge on any atom is 0.413 e. The molecule has 1 amide bonds. The predicted octanol–water partition coefficient (Wildman–Crippen LogP) is 4.83. The topological polar surface area (TPSA) is 140 Å². The van der Waals surface area contributed by atoms with Gasteiger partial charge in [-0.2, -0.15) is 5.10 Å². The minimum atomic E-state index is -0.744. The molecular weight excluding hydrogens is 531 g/mol. The Kier molecular flexibility index (Phi) is 8.51. The molecule has 12 heteroatoms. The van der Waals surface area contributed by atoms with Crippen LogP contribution in [0.4, 0.5) is 15.0 Å². The Hall–Kier alpha value is -5.00. The highest BCUT2D eigenvalue weighted by Gasteiger charge is 2.25.